The molecule has 2 aliphatic heterocycles. The third-order valence-electron chi connectivity index (χ3n) is 6.23. The first-order chi connectivity index (χ1) is 11.5. The van der Waals surface area contributed by atoms with Crippen LogP contribution in [0.5, 0.6) is 0 Å². The smallest absolute Gasteiger partial charge is 0.0971 e. The summed E-state index contributed by atoms with van der Waals surface area (Å²) in [6.07, 6.45) is 4.46. The van der Waals surface area contributed by atoms with E-state index < -0.39 is 0 Å². The molecule has 2 aliphatic rings. The Kier molecular flexibility index (Phi) is 3.77. The van der Waals surface area contributed by atoms with Crippen LogP contribution in [0.4, 0.5) is 5.69 Å². The second-order valence-electron chi connectivity index (χ2n) is 8.30. The third-order valence-corrected chi connectivity index (χ3v) is 6.23. The van der Waals surface area contributed by atoms with Gasteiger partial charge in [-0.05, 0) is 32.0 Å². The molecule has 1 aromatic carbocycles. The average Bonchev–Trinajstić information content (AvgIpc) is 2.59. The van der Waals surface area contributed by atoms with Crippen LogP contribution in [0, 0.1) is 0 Å². The normalized spacial score (nSPS) is 23.7. The van der Waals surface area contributed by atoms with Crippen LogP contribution in [-0.2, 0) is 0 Å². The van der Waals surface area contributed by atoms with Crippen molar-refractivity contribution in [2.45, 2.75) is 18.4 Å². The standard InChI is InChI=1S/C20H29N4/c1-22-14-15-24(2,3)16-20(22)9-12-23(13-10-20)19-8-11-21-18-7-5-4-6-17(18)19/h4-8,11H,9-10,12-16H2,1-3H3/q+1. The van der Waals surface area contributed by atoms with E-state index in [0.29, 0.717) is 5.54 Å². The topological polar surface area (TPSA) is 19.4 Å². The molecule has 24 heavy (non-hydrogen) atoms. The molecule has 1 spiro atoms. The maximum atomic E-state index is 4.51. The average molecular weight is 325 g/mol. The molecular formula is C20H29N4+. The number of hydrogen-bond acceptors (Lipinski definition) is 3. The second kappa shape index (κ2) is 5.71. The maximum absolute atomic E-state index is 4.51. The van der Waals surface area contributed by atoms with E-state index in [1.807, 2.05) is 6.20 Å². The number of fused-ring (bicyclic) bond motifs is 1. The highest BCUT2D eigenvalue weighted by Crippen LogP contribution is 2.36. The Hall–Kier alpha value is -1.65. The summed E-state index contributed by atoms with van der Waals surface area (Å²) < 4.78 is 1.16. The molecule has 128 valence electrons. The molecule has 0 bridgehead atoms. The van der Waals surface area contributed by atoms with Gasteiger partial charge in [0, 0.05) is 36.9 Å². The predicted octanol–water partition coefficient (Wildman–Crippen LogP) is 2.60. The van der Waals surface area contributed by atoms with E-state index in [9.17, 15) is 0 Å². The summed E-state index contributed by atoms with van der Waals surface area (Å²) in [5, 5.41) is 1.28. The van der Waals surface area contributed by atoms with Gasteiger partial charge in [0.15, 0.2) is 0 Å². The Bertz CT molecular complexity index is 726. The van der Waals surface area contributed by atoms with E-state index in [1.54, 1.807) is 0 Å². The highest BCUT2D eigenvalue weighted by Gasteiger charge is 2.46. The van der Waals surface area contributed by atoms with Gasteiger partial charge in [-0.2, -0.15) is 0 Å². The first-order valence-electron chi connectivity index (χ1n) is 9.11. The minimum atomic E-state index is 0.376. The predicted molar refractivity (Wildman–Crippen MR) is 100 cm³/mol. The number of nitrogens with zero attached hydrogens (tertiary/aromatic N) is 4. The first-order valence-corrected chi connectivity index (χ1v) is 9.11. The summed E-state index contributed by atoms with van der Waals surface area (Å²) in [5.74, 6) is 0. The molecule has 0 atom stereocenters. The minimum absolute atomic E-state index is 0.376. The van der Waals surface area contributed by atoms with Crippen LogP contribution in [0.15, 0.2) is 36.5 Å². The fourth-order valence-electron chi connectivity index (χ4n) is 4.71. The zero-order valence-corrected chi connectivity index (χ0v) is 15.2. The van der Waals surface area contributed by atoms with E-state index >= 15 is 0 Å². The lowest BCUT2D eigenvalue weighted by molar-refractivity contribution is -0.901. The van der Waals surface area contributed by atoms with Gasteiger partial charge in [0.1, 0.15) is 0 Å². The van der Waals surface area contributed by atoms with Gasteiger partial charge in [-0.15, -0.1) is 0 Å². The van der Waals surface area contributed by atoms with Crippen molar-refractivity contribution in [2.24, 2.45) is 0 Å². The fourth-order valence-corrected chi connectivity index (χ4v) is 4.71. The van der Waals surface area contributed by atoms with Gasteiger partial charge in [0.05, 0.1) is 38.2 Å². The largest absolute Gasteiger partial charge is 0.371 e. The molecule has 0 radical (unpaired) electrons. The van der Waals surface area contributed by atoms with Gasteiger partial charge in [0.2, 0.25) is 0 Å². The van der Waals surface area contributed by atoms with Crippen LogP contribution >= 0.6 is 0 Å². The zero-order chi connectivity index (χ0) is 16.8. The van der Waals surface area contributed by atoms with Crippen molar-refractivity contribution in [2.75, 3.05) is 58.8 Å². The molecular weight excluding hydrogens is 296 g/mol. The lowest BCUT2D eigenvalue weighted by atomic mass is 9.83. The number of benzene rings is 1. The summed E-state index contributed by atoms with van der Waals surface area (Å²) in [6.45, 7) is 6.02. The van der Waals surface area contributed by atoms with Gasteiger partial charge < -0.3 is 9.38 Å². The van der Waals surface area contributed by atoms with Crippen molar-refractivity contribution in [1.82, 2.24) is 9.88 Å². The number of hydrogen-bond donors (Lipinski definition) is 0. The Labute approximate surface area is 145 Å². The molecule has 4 nitrogen and oxygen atoms in total. The first kappa shape index (κ1) is 15.9. The van der Waals surface area contributed by atoms with Crippen LogP contribution in [0.2, 0.25) is 0 Å². The number of pyridine rings is 1. The lowest BCUT2D eigenvalue weighted by Crippen LogP contribution is -2.68. The fraction of sp³-hybridized carbons (Fsp3) is 0.550. The molecule has 2 aromatic rings. The van der Waals surface area contributed by atoms with Crippen molar-refractivity contribution in [3.05, 3.63) is 36.5 Å². The summed E-state index contributed by atoms with van der Waals surface area (Å²) in [5.41, 5.74) is 2.83. The Morgan fingerprint density at radius 2 is 1.79 bits per heavy atom. The van der Waals surface area contributed by atoms with Crippen LogP contribution in [-0.4, -0.2) is 73.8 Å². The lowest BCUT2D eigenvalue weighted by Gasteiger charge is -2.54. The highest BCUT2D eigenvalue weighted by molar-refractivity contribution is 5.91. The van der Waals surface area contributed by atoms with E-state index in [1.165, 1.54) is 43.5 Å². The molecule has 3 heterocycles. The molecule has 0 amide bonds. The molecule has 2 saturated heterocycles. The van der Waals surface area contributed by atoms with Crippen molar-refractivity contribution in [1.29, 1.82) is 0 Å². The van der Waals surface area contributed by atoms with Gasteiger partial charge >= 0.3 is 0 Å². The van der Waals surface area contributed by atoms with Gasteiger partial charge in [-0.25, -0.2) is 0 Å². The zero-order valence-electron chi connectivity index (χ0n) is 15.2. The van der Waals surface area contributed by atoms with Gasteiger partial charge in [-0.3, -0.25) is 9.88 Å². The quantitative estimate of drug-likeness (QED) is 0.751. The Morgan fingerprint density at radius 1 is 1.04 bits per heavy atom. The van der Waals surface area contributed by atoms with Gasteiger partial charge in [-0.1, -0.05) is 18.2 Å². The van der Waals surface area contributed by atoms with Crippen LogP contribution in [0.25, 0.3) is 10.9 Å². The van der Waals surface area contributed by atoms with Crippen molar-refractivity contribution in [3.8, 4) is 0 Å². The maximum Gasteiger partial charge on any atom is 0.0971 e. The van der Waals surface area contributed by atoms with E-state index in [-0.39, 0.29) is 0 Å². The summed E-state index contributed by atoms with van der Waals surface area (Å²) in [6, 6.07) is 10.7. The SMILES string of the molecule is CN1CC[N+](C)(C)CC12CCN(c1ccnc3ccccc13)CC2. The molecule has 0 N–H and O–H groups in total. The Morgan fingerprint density at radius 3 is 2.58 bits per heavy atom. The molecule has 0 unspecified atom stereocenters. The summed E-state index contributed by atoms with van der Waals surface area (Å²) in [4.78, 5) is 9.72. The van der Waals surface area contributed by atoms with Crippen molar-refractivity contribution >= 4 is 16.6 Å². The number of para-hydroxylation sites is 1. The van der Waals surface area contributed by atoms with Crippen molar-refractivity contribution in [3.63, 3.8) is 0 Å². The van der Waals surface area contributed by atoms with Crippen LogP contribution in [0.3, 0.4) is 0 Å². The molecule has 4 heteroatoms. The number of quaternary nitrogens is 1. The Balaban J connectivity index is 1.57. The number of likely N-dealkylation sites (N-methyl/N-ethyl adjacent to an activating group) is 2. The molecule has 4 rings (SSSR count). The van der Waals surface area contributed by atoms with E-state index in [2.05, 4.69) is 66.3 Å². The number of aromatic nitrogens is 1. The summed E-state index contributed by atoms with van der Waals surface area (Å²) in [7, 11) is 7.10. The molecule has 0 saturated carbocycles. The second-order valence-corrected chi connectivity index (χ2v) is 8.30. The number of piperazine rings is 1. The summed E-state index contributed by atoms with van der Waals surface area (Å²) >= 11 is 0. The molecule has 0 aliphatic carbocycles. The third kappa shape index (κ3) is 2.68. The highest BCUT2D eigenvalue weighted by atomic mass is 15.4. The van der Waals surface area contributed by atoms with E-state index in [4.69, 9.17) is 0 Å². The number of rotatable bonds is 1. The van der Waals surface area contributed by atoms with Crippen molar-refractivity contribution < 1.29 is 4.48 Å². The van der Waals surface area contributed by atoms with Gasteiger partial charge in [0.25, 0.3) is 0 Å². The number of anilines is 1. The monoisotopic (exact) mass is 325 g/mol. The molecule has 2 fully saturated rings. The molecule has 1 aromatic heterocycles. The van der Waals surface area contributed by atoms with Crippen LogP contribution in [0.1, 0.15) is 12.8 Å². The minimum Gasteiger partial charge on any atom is -0.371 e. The number of piperidine rings is 1. The van der Waals surface area contributed by atoms with E-state index in [0.717, 1.165) is 23.1 Å². The van der Waals surface area contributed by atoms with Crippen LogP contribution < -0.4 is 4.90 Å².